The minimum Gasteiger partial charge on any atom is -0.370 e. The van der Waals surface area contributed by atoms with Crippen molar-refractivity contribution >= 4 is 17.4 Å². The smallest absolute Gasteiger partial charge is 0.259 e. The van der Waals surface area contributed by atoms with E-state index in [1.54, 1.807) is 49.6 Å². The SMILES string of the molecule is CCNc1ccc(C(=O)N(C)c2cccc(C#N)c2)cn1. The lowest BCUT2D eigenvalue weighted by molar-refractivity contribution is 0.0992. The number of hydrogen-bond acceptors (Lipinski definition) is 4. The first-order chi connectivity index (χ1) is 10.2. The van der Waals surface area contributed by atoms with E-state index in [1.807, 2.05) is 6.92 Å². The molecule has 1 aromatic heterocycles. The molecule has 5 nitrogen and oxygen atoms in total. The molecule has 0 bridgehead atoms. The maximum Gasteiger partial charge on any atom is 0.259 e. The quantitative estimate of drug-likeness (QED) is 0.934. The molecule has 5 heteroatoms. The van der Waals surface area contributed by atoms with E-state index in [-0.39, 0.29) is 5.91 Å². The molecule has 2 aromatic rings. The summed E-state index contributed by atoms with van der Waals surface area (Å²) in [6, 6.07) is 12.5. The number of nitrogens with zero attached hydrogens (tertiary/aromatic N) is 3. The maximum absolute atomic E-state index is 12.4. The number of carbonyl (C=O) groups is 1. The molecule has 1 aromatic carbocycles. The predicted octanol–water partition coefficient (Wildman–Crippen LogP) is 2.66. The molecule has 0 saturated carbocycles. The van der Waals surface area contributed by atoms with Crippen LogP contribution in [0.3, 0.4) is 0 Å². The van der Waals surface area contributed by atoms with Crippen molar-refractivity contribution in [1.82, 2.24) is 4.98 Å². The standard InChI is InChI=1S/C16H16N4O/c1-3-18-15-8-7-13(11-19-15)16(21)20(2)14-6-4-5-12(9-14)10-17/h4-9,11H,3H2,1-2H3,(H,18,19). The zero-order chi connectivity index (χ0) is 15.2. The van der Waals surface area contributed by atoms with Crippen LogP contribution < -0.4 is 10.2 Å². The van der Waals surface area contributed by atoms with Crippen molar-refractivity contribution in [1.29, 1.82) is 5.26 Å². The average molecular weight is 280 g/mol. The van der Waals surface area contributed by atoms with Gasteiger partial charge < -0.3 is 10.2 Å². The second kappa shape index (κ2) is 6.53. The van der Waals surface area contributed by atoms with Crippen LogP contribution in [0.1, 0.15) is 22.8 Å². The number of pyridine rings is 1. The number of rotatable bonds is 4. The van der Waals surface area contributed by atoms with E-state index in [9.17, 15) is 4.79 Å². The van der Waals surface area contributed by atoms with Crippen LogP contribution in [0.5, 0.6) is 0 Å². The molecule has 1 amide bonds. The number of hydrogen-bond donors (Lipinski definition) is 1. The van der Waals surface area contributed by atoms with E-state index in [1.165, 1.54) is 4.90 Å². The van der Waals surface area contributed by atoms with Crippen molar-refractivity contribution in [3.63, 3.8) is 0 Å². The Labute approximate surface area is 123 Å². The van der Waals surface area contributed by atoms with Crippen LogP contribution in [-0.2, 0) is 0 Å². The van der Waals surface area contributed by atoms with Crippen molar-refractivity contribution in [2.45, 2.75) is 6.92 Å². The minimum absolute atomic E-state index is 0.166. The number of amides is 1. The van der Waals surface area contributed by atoms with Crippen LogP contribution in [0.4, 0.5) is 11.5 Å². The van der Waals surface area contributed by atoms with Crippen LogP contribution in [0.25, 0.3) is 0 Å². The summed E-state index contributed by atoms with van der Waals surface area (Å²) in [6.07, 6.45) is 1.55. The van der Waals surface area contributed by atoms with Crippen molar-refractivity contribution in [3.05, 3.63) is 53.7 Å². The monoisotopic (exact) mass is 280 g/mol. The topological polar surface area (TPSA) is 69.0 Å². The molecule has 0 aliphatic heterocycles. The molecule has 1 heterocycles. The van der Waals surface area contributed by atoms with E-state index >= 15 is 0 Å². The summed E-state index contributed by atoms with van der Waals surface area (Å²) in [4.78, 5) is 18.1. The highest BCUT2D eigenvalue weighted by Gasteiger charge is 2.14. The first kappa shape index (κ1) is 14.5. The van der Waals surface area contributed by atoms with Crippen molar-refractivity contribution < 1.29 is 4.79 Å². The molecule has 0 spiro atoms. The van der Waals surface area contributed by atoms with Gasteiger partial charge in [-0.3, -0.25) is 4.79 Å². The Morgan fingerprint density at radius 3 is 2.81 bits per heavy atom. The van der Waals surface area contributed by atoms with Crippen molar-refractivity contribution in [2.75, 3.05) is 23.8 Å². The first-order valence-electron chi connectivity index (χ1n) is 6.64. The molecule has 2 rings (SSSR count). The second-order valence-corrected chi connectivity index (χ2v) is 4.49. The van der Waals surface area contributed by atoms with Crippen LogP contribution in [0.15, 0.2) is 42.6 Å². The summed E-state index contributed by atoms with van der Waals surface area (Å²) in [7, 11) is 1.68. The largest absolute Gasteiger partial charge is 0.370 e. The Bertz CT molecular complexity index is 673. The molecule has 0 saturated heterocycles. The third-order valence-corrected chi connectivity index (χ3v) is 3.04. The lowest BCUT2D eigenvalue weighted by Gasteiger charge is -2.17. The summed E-state index contributed by atoms with van der Waals surface area (Å²) < 4.78 is 0. The number of carbonyl (C=O) groups excluding carboxylic acids is 1. The molecule has 1 N–H and O–H groups in total. The molecule has 0 radical (unpaired) electrons. The third-order valence-electron chi connectivity index (χ3n) is 3.04. The molecule has 0 aliphatic rings. The fourth-order valence-corrected chi connectivity index (χ4v) is 1.90. The molecule has 0 unspecified atom stereocenters. The third kappa shape index (κ3) is 3.37. The van der Waals surface area contributed by atoms with Gasteiger partial charge in [-0.25, -0.2) is 4.98 Å². The van der Waals surface area contributed by atoms with Gasteiger partial charge in [-0.2, -0.15) is 5.26 Å². The van der Waals surface area contributed by atoms with Crippen LogP contribution >= 0.6 is 0 Å². The van der Waals surface area contributed by atoms with E-state index in [0.717, 1.165) is 12.4 Å². The summed E-state index contributed by atoms with van der Waals surface area (Å²) in [5.74, 6) is 0.573. The Hall–Kier alpha value is -2.87. The van der Waals surface area contributed by atoms with Crippen molar-refractivity contribution in [3.8, 4) is 6.07 Å². The van der Waals surface area contributed by atoms with Gasteiger partial charge in [0.2, 0.25) is 0 Å². The van der Waals surface area contributed by atoms with Gasteiger partial charge in [-0.15, -0.1) is 0 Å². The van der Waals surface area contributed by atoms with Gasteiger partial charge in [0.15, 0.2) is 0 Å². The molecular formula is C16H16N4O. The van der Waals surface area contributed by atoms with Gasteiger partial charge in [0.05, 0.1) is 17.2 Å². The molecule has 0 aliphatic carbocycles. The molecular weight excluding hydrogens is 264 g/mol. The minimum atomic E-state index is -0.166. The highest BCUT2D eigenvalue weighted by molar-refractivity contribution is 6.05. The number of aromatic nitrogens is 1. The van der Waals surface area contributed by atoms with Gasteiger partial charge in [0, 0.05) is 25.5 Å². The molecule has 0 atom stereocenters. The number of anilines is 2. The molecule has 106 valence electrons. The normalized spacial score (nSPS) is 9.76. The highest BCUT2D eigenvalue weighted by Crippen LogP contribution is 2.17. The van der Waals surface area contributed by atoms with Gasteiger partial charge in [-0.05, 0) is 37.3 Å². The number of nitrogens with one attached hydrogen (secondary N) is 1. The number of benzene rings is 1. The Kier molecular flexibility index (Phi) is 4.52. The predicted molar refractivity (Wildman–Crippen MR) is 82.3 cm³/mol. The molecule has 0 fully saturated rings. The van der Waals surface area contributed by atoms with Crippen LogP contribution in [0.2, 0.25) is 0 Å². The Balaban J connectivity index is 2.20. The maximum atomic E-state index is 12.4. The van der Waals surface area contributed by atoms with E-state index in [4.69, 9.17) is 5.26 Å². The molecule has 21 heavy (non-hydrogen) atoms. The van der Waals surface area contributed by atoms with E-state index in [2.05, 4.69) is 16.4 Å². The first-order valence-corrected chi connectivity index (χ1v) is 6.64. The van der Waals surface area contributed by atoms with Crippen LogP contribution in [0, 0.1) is 11.3 Å². The average Bonchev–Trinajstić information content (AvgIpc) is 2.54. The summed E-state index contributed by atoms with van der Waals surface area (Å²) >= 11 is 0. The van der Waals surface area contributed by atoms with E-state index < -0.39 is 0 Å². The zero-order valence-corrected chi connectivity index (χ0v) is 12.0. The van der Waals surface area contributed by atoms with Gasteiger partial charge in [-0.1, -0.05) is 6.07 Å². The van der Waals surface area contributed by atoms with Gasteiger partial charge in [0.1, 0.15) is 5.82 Å². The van der Waals surface area contributed by atoms with Crippen molar-refractivity contribution in [2.24, 2.45) is 0 Å². The lowest BCUT2D eigenvalue weighted by atomic mass is 10.2. The second-order valence-electron chi connectivity index (χ2n) is 4.49. The number of nitriles is 1. The fraction of sp³-hybridized carbons (Fsp3) is 0.188. The zero-order valence-electron chi connectivity index (χ0n) is 12.0. The summed E-state index contributed by atoms with van der Waals surface area (Å²) in [6.45, 7) is 2.76. The van der Waals surface area contributed by atoms with Crippen LogP contribution in [-0.4, -0.2) is 24.5 Å². The fourth-order valence-electron chi connectivity index (χ4n) is 1.90. The summed E-state index contributed by atoms with van der Waals surface area (Å²) in [5, 5.41) is 12.0. The van der Waals surface area contributed by atoms with Gasteiger partial charge >= 0.3 is 0 Å². The Morgan fingerprint density at radius 1 is 1.38 bits per heavy atom. The van der Waals surface area contributed by atoms with E-state index in [0.29, 0.717) is 16.8 Å². The Morgan fingerprint density at radius 2 is 2.19 bits per heavy atom. The highest BCUT2D eigenvalue weighted by atomic mass is 16.2. The lowest BCUT2D eigenvalue weighted by Crippen LogP contribution is -2.26. The van der Waals surface area contributed by atoms with Gasteiger partial charge in [0.25, 0.3) is 5.91 Å². The summed E-state index contributed by atoms with van der Waals surface area (Å²) in [5.41, 5.74) is 1.70.